The third-order valence-corrected chi connectivity index (χ3v) is 2.36. The normalized spacial score (nSPS) is 9.71. The molecule has 0 atom stereocenters. The van der Waals surface area contributed by atoms with E-state index >= 15 is 0 Å². The largest absolute Gasteiger partial charge is 0.478 e. The number of rotatable bonds is 5. The van der Waals surface area contributed by atoms with Gasteiger partial charge < -0.3 is 10.0 Å². The highest BCUT2D eigenvalue weighted by Crippen LogP contribution is 2.11. The van der Waals surface area contributed by atoms with Crippen LogP contribution in [0.2, 0.25) is 0 Å². The summed E-state index contributed by atoms with van der Waals surface area (Å²) < 4.78 is 0. The van der Waals surface area contributed by atoms with E-state index in [9.17, 15) is 4.79 Å². The smallest absolute Gasteiger partial charge is 0.339 e. The third kappa shape index (κ3) is 3.14. The molecule has 0 fully saturated rings. The van der Waals surface area contributed by atoms with Crippen LogP contribution in [0, 0.1) is 18.3 Å². The molecule has 0 amide bonds. The Morgan fingerprint density at radius 1 is 1.65 bits per heavy atom. The number of nitriles is 1. The molecule has 0 aromatic carbocycles. The van der Waals surface area contributed by atoms with Gasteiger partial charge in [-0.2, -0.15) is 5.26 Å². The fourth-order valence-electron chi connectivity index (χ4n) is 1.40. The van der Waals surface area contributed by atoms with E-state index < -0.39 is 5.97 Å². The summed E-state index contributed by atoms with van der Waals surface area (Å²) in [6.07, 6.45) is 1.69. The fourth-order valence-corrected chi connectivity index (χ4v) is 1.40. The van der Waals surface area contributed by atoms with Gasteiger partial charge in [0.2, 0.25) is 5.95 Å². The van der Waals surface area contributed by atoms with Crippen molar-refractivity contribution in [2.75, 3.05) is 18.0 Å². The molecule has 1 heterocycles. The highest BCUT2D eigenvalue weighted by atomic mass is 16.4. The molecule has 0 unspecified atom stereocenters. The van der Waals surface area contributed by atoms with Gasteiger partial charge in [-0.25, -0.2) is 14.8 Å². The van der Waals surface area contributed by atoms with Crippen LogP contribution < -0.4 is 4.90 Å². The number of aromatic nitrogens is 2. The van der Waals surface area contributed by atoms with Gasteiger partial charge in [-0.15, -0.1) is 0 Å². The summed E-state index contributed by atoms with van der Waals surface area (Å²) in [5, 5.41) is 17.4. The van der Waals surface area contributed by atoms with Crippen LogP contribution in [-0.2, 0) is 0 Å². The summed E-state index contributed by atoms with van der Waals surface area (Å²) in [7, 11) is 0. The molecular weight excluding hydrogens is 220 g/mol. The van der Waals surface area contributed by atoms with E-state index in [2.05, 4.69) is 16.0 Å². The number of anilines is 1. The molecule has 90 valence electrons. The monoisotopic (exact) mass is 234 g/mol. The van der Waals surface area contributed by atoms with E-state index in [-0.39, 0.29) is 5.56 Å². The van der Waals surface area contributed by atoms with Gasteiger partial charge in [0.05, 0.1) is 23.7 Å². The van der Waals surface area contributed by atoms with Gasteiger partial charge in [0.1, 0.15) is 0 Å². The molecule has 0 aliphatic carbocycles. The van der Waals surface area contributed by atoms with Crippen molar-refractivity contribution in [1.82, 2.24) is 9.97 Å². The molecule has 1 rings (SSSR count). The Bertz CT molecular complexity index is 453. The number of aromatic carboxylic acids is 1. The molecule has 1 N–H and O–H groups in total. The van der Waals surface area contributed by atoms with E-state index in [4.69, 9.17) is 10.4 Å². The van der Waals surface area contributed by atoms with Crippen LogP contribution in [-0.4, -0.2) is 34.1 Å². The number of carboxylic acid groups (broad SMARTS) is 1. The number of carbonyl (C=O) groups is 1. The molecule has 0 aliphatic rings. The molecule has 0 radical (unpaired) electrons. The summed E-state index contributed by atoms with van der Waals surface area (Å²) in [6, 6.07) is 2.06. The predicted octanol–water partition coefficient (Wildman–Crippen LogP) is 1.22. The first-order valence-corrected chi connectivity index (χ1v) is 5.29. The molecule has 0 spiro atoms. The lowest BCUT2D eigenvalue weighted by molar-refractivity contribution is 0.0695. The molecule has 0 aliphatic heterocycles. The second kappa shape index (κ2) is 5.80. The van der Waals surface area contributed by atoms with Crippen LogP contribution >= 0.6 is 0 Å². The molecular formula is C11H14N4O2. The van der Waals surface area contributed by atoms with Crippen LogP contribution in [0.4, 0.5) is 5.95 Å². The Morgan fingerprint density at radius 3 is 2.82 bits per heavy atom. The maximum Gasteiger partial charge on any atom is 0.339 e. The lowest BCUT2D eigenvalue weighted by atomic mass is 10.2. The Balaban J connectivity index is 2.95. The summed E-state index contributed by atoms with van der Waals surface area (Å²) in [4.78, 5) is 20.8. The summed E-state index contributed by atoms with van der Waals surface area (Å²) in [5.74, 6) is -0.570. The minimum absolute atomic E-state index is 0.102. The molecule has 1 aromatic rings. The Kier molecular flexibility index (Phi) is 4.40. The number of nitrogens with zero attached hydrogens (tertiary/aromatic N) is 4. The van der Waals surface area contributed by atoms with E-state index in [1.54, 1.807) is 6.92 Å². The quantitative estimate of drug-likeness (QED) is 0.823. The molecule has 0 saturated heterocycles. The van der Waals surface area contributed by atoms with E-state index in [1.165, 1.54) is 6.20 Å². The maximum atomic E-state index is 10.8. The van der Waals surface area contributed by atoms with Gasteiger partial charge in [-0.3, -0.25) is 0 Å². The van der Waals surface area contributed by atoms with Gasteiger partial charge in [-0.05, 0) is 13.8 Å². The Labute approximate surface area is 99.5 Å². The lowest BCUT2D eigenvalue weighted by Gasteiger charge is -2.19. The van der Waals surface area contributed by atoms with Crippen molar-refractivity contribution in [3.63, 3.8) is 0 Å². The minimum Gasteiger partial charge on any atom is -0.478 e. The third-order valence-electron chi connectivity index (χ3n) is 2.36. The first-order valence-electron chi connectivity index (χ1n) is 5.29. The van der Waals surface area contributed by atoms with Crippen molar-refractivity contribution < 1.29 is 9.90 Å². The predicted molar refractivity (Wildman–Crippen MR) is 61.8 cm³/mol. The lowest BCUT2D eigenvalue weighted by Crippen LogP contribution is -2.26. The Hall–Kier alpha value is -2.16. The zero-order valence-corrected chi connectivity index (χ0v) is 9.84. The SMILES string of the molecule is CCN(CCC#N)c1ncc(C(=O)O)c(C)n1. The van der Waals surface area contributed by atoms with Crippen LogP contribution in [0.1, 0.15) is 29.4 Å². The fraction of sp³-hybridized carbons (Fsp3) is 0.455. The zero-order valence-electron chi connectivity index (χ0n) is 9.84. The minimum atomic E-state index is -1.03. The Morgan fingerprint density at radius 2 is 2.35 bits per heavy atom. The first kappa shape index (κ1) is 12.9. The highest BCUT2D eigenvalue weighted by Gasteiger charge is 2.13. The molecule has 6 nitrogen and oxygen atoms in total. The summed E-state index contributed by atoms with van der Waals surface area (Å²) in [5.41, 5.74) is 0.531. The van der Waals surface area contributed by atoms with Gasteiger partial charge >= 0.3 is 5.97 Å². The van der Waals surface area contributed by atoms with E-state index in [0.29, 0.717) is 31.2 Å². The van der Waals surface area contributed by atoms with Crippen molar-refractivity contribution in [3.05, 3.63) is 17.5 Å². The van der Waals surface area contributed by atoms with Crippen molar-refractivity contribution in [2.24, 2.45) is 0 Å². The number of hydrogen-bond donors (Lipinski definition) is 1. The van der Waals surface area contributed by atoms with Crippen LogP contribution in [0.5, 0.6) is 0 Å². The average Bonchev–Trinajstić information content (AvgIpc) is 2.29. The van der Waals surface area contributed by atoms with Gasteiger partial charge in [0.15, 0.2) is 0 Å². The van der Waals surface area contributed by atoms with E-state index in [1.807, 2.05) is 11.8 Å². The van der Waals surface area contributed by atoms with Crippen molar-refractivity contribution in [2.45, 2.75) is 20.3 Å². The zero-order chi connectivity index (χ0) is 12.8. The van der Waals surface area contributed by atoms with Gasteiger partial charge in [0, 0.05) is 19.3 Å². The van der Waals surface area contributed by atoms with Gasteiger partial charge in [-0.1, -0.05) is 0 Å². The molecule has 0 saturated carbocycles. The molecule has 1 aromatic heterocycles. The standard InChI is InChI=1S/C11H14N4O2/c1-3-15(6-4-5-12)11-13-7-9(10(16)17)8(2)14-11/h7H,3-4,6H2,1-2H3,(H,16,17). The van der Waals surface area contributed by atoms with Crippen molar-refractivity contribution in [3.8, 4) is 6.07 Å². The first-order chi connectivity index (χ1) is 8.10. The molecule has 0 bridgehead atoms. The second-order valence-corrected chi connectivity index (χ2v) is 3.46. The van der Waals surface area contributed by atoms with E-state index in [0.717, 1.165) is 0 Å². The second-order valence-electron chi connectivity index (χ2n) is 3.46. The van der Waals surface area contributed by atoms with Crippen LogP contribution in [0.15, 0.2) is 6.20 Å². The molecule has 6 heteroatoms. The summed E-state index contributed by atoms with van der Waals surface area (Å²) >= 11 is 0. The van der Waals surface area contributed by atoms with Crippen LogP contribution in [0.3, 0.4) is 0 Å². The molecule has 17 heavy (non-hydrogen) atoms. The maximum absolute atomic E-state index is 10.8. The number of aryl methyl sites for hydroxylation is 1. The average molecular weight is 234 g/mol. The number of carboxylic acids is 1. The highest BCUT2D eigenvalue weighted by molar-refractivity contribution is 5.88. The van der Waals surface area contributed by atoms with Crippen molar-refractivity contribution in [1.29, 1.82) is 5.26 Å². The topological polar surface area (TPSA) is 90.1 Å². The summed E-state index contributed by atoms with van der Waals surface area (Å²) in [6.45, 7) is 4.78. The van der Waals surface area contributed by atoms with Gasteiger partial charge in [0.25, 0.3) is 0 Å². The van der Waals surface area contributed by atoms with Crippen LogP contribution in [0.25, 0.3) is 0 Å². The number of hydrogen-bond acceptors (Lipinski definition) is 5. The van der Waals surface area contributed by atoms with Crippen molar-refractivity contribution >= 4 is 11.9 Å².